The number of nitrogens with zero attached hydrogens (tertiary/aromatic N) is 3. The molecule has 3 rings (SSSR count). The Hall–Kier alpha value is -0.940. The SMILES string of the molecule is Cn1c(C2CCNCC2)cc2nc(Br)cnc21. The summed E-state index contributed by atoms with van der Waals surface area (Å²) in [6.07, 6.45) is 4.16. The standard InChI is InChI=1S/C12H15BrN4/c1-17-10(8-2-4-14-5-3-8)6-9-12(17)15-7-11(13)16-9/h6-8,14H,2-5H2,1H3. The molecule has 2 aromatic heterocycles. The van der Waals surface area contributed by atoms with Crippen LogP contribution in [0.5, 0.6) is 0 Å². The van der Waals surface area contributed by atoms with Gasteiger partial charge in [-0.2, -0.15) is 0 Å². The summed E-state index contributed by atoms with van der Waals surface area (Å²) < 4.78 is 2.98. The van der Waals surface area contributed by atoms with E-state index in [9.17, 15) is 0 Å². The number of aromatic nitrogens is 3. The molecular weight excluding hydrogens is 280 g/mol. The second-order valence-corrected chi connectivity index (χ2v) is 5.37. The number of hydrogen-bond acceptors (Lipinski definition) is 3. The van der Waals surface area contributed by atoms with E-state index >= 15 is 0 Å². The van der Waals surface area contributed by atoms with Crippen LogP contribution in [-0.2, 0) is 7.05 Å². The topological polar surface area (TPSA) is 42.7 Å². The fourth-order valence-corrected chi connectivity index (χ4v) is 2.89. The summed E-state index contributed by atoms with van der Waals surface area (Å²) in [6.45, 7) is 2.22. The molecule has 4 nitrogen and oxygen atoms in total. The average Bonchev–Trinajstić information content (AvgIpc) is 2.67. The van der Waals surface area contributed by atoms with Crippen molar-refractivity contribution < 1.29 is 0 Å². The quantitative estimate of drug-likeness (QED) is 0.877. The molecule has 0 radical (unpaired) electrons. The van der Waals surface area contributed by atoms with E-state index in [0.29, 0.717) is 5.92 Å². The van der Waals surface area contributed by atoms with Crippen LogP contribution in [0.1, 0.15) is 24.5 Å². The lowest BCUT2D eigenvalue weighted by Gasteiger charge is -2.23. The van der Waals surface area contributed by atoms with E-state index in [2.05, 4.69) is 48.9 Å². The average molecular weight is 295 g/mol. The van der Waals surface area contributed by atoms with Crippen LogP contribution >= 0.6 is 15.9 Å². The maximum absolute atomic E-state index is 4.47. The molecule has 1 aliphatic heterocycles. The summed E-state index contributed by atoms with van der Waals surface area (Å²) in [7, 11) is 2.09. The molecule has 90 valence electrons. The normalized spacial score (nSPS) is 17.8. The smallest absolute Gasteiger partial charge is 0.158 e. The zero-order chi connectivity index (χ0) is 11.8. The zero-order valence-corrected chi connectivity index (χ0v) is 11.4. The lowest BCUT2D eigenvalue weighted by molar-refractivity contribution is 0.446. The molecule has 0 spiro atoms. The molecule has 1 aliphatic rings. The number of hydrogen-bond donors (Lipinski definition) is 1. The number of nitrogens with one attached hydrogen (secondary N) is 1. The van der Waals surface area contributed by atoms with Gasteiger partial charge in [-0.25, -0.2) is 9.97 Å². The van der Waals surface area contributed by atoms with Gasteiger partial charge in [-0.05, 0) is 47.9 Å². The summed E-state index contributed by atoms with van der Waals surface area (Å²) in [6, 6.07) is 2.18. The maximum Gasteiger partial charge on any atom is 0.158 e. The van der Waals surface area contributed by atoms with Crippen LogP contribution in [0.2, 0.25) is 0 Å². The lowest BCUT2D eigenvalue weighted by Crippen LogP contribution is -2.27. The van der Waals surface area contributed by atoms with Crippen LogP contribution in [-0.4, -0.2) is 27.6 Å². The summed E-state index contributed by atoms with van der Waals surface area (Å²) in [5, 5.41) is 3.40. The Kier molecular flexibility index (Phi) is 2.88. The molecule has 1 fully saturated rings. The van der Waals surface area contributed by atoms with Gasteiger partial charge in [0.05, 0.1) is 6.20 Å². The Morgan fingerprint density at radius 2 is 2.18 bits per heavy atom. The monoisotopic (exact) mass is 294 g/mol. The molecule has 1 saturated heterocycles. The number of fused-ring (bicyclic) bond motifs is 1. The van der Waals surface area contributed by atoms with Crippen LogP contribution in [0.15, 0.2) is 16.9 Å². The molecule has 0 unspecified atom stereocenters. The molecule has 0 aliphatic carbocycles. The molecule has 0 bridgehead atoms. The summed E-state index contributed by atoms with van der Waals surface area (Å²) in [4.78, 5) is 8.90. The first kappa shape index (κ1) is 11.2. The summed E-state index contributed by atoms with van der Waals surface area (Å²) in [5.41, 5.74) is 3.32. The van der Waals surface area contributed by atoms with Gasteiger partial charge in [-0.1, -0.05) is 0 Å². The molecular formula is C12H15BrN4. The highest BCUT2D eigenvalue weighted by molar-refractivity contribution is 9.10. The Morgan fingerprint density at radius 3 is 2.94 bits per heavy atom. The molecule has 2 aromatic rings. The van der Waals surface area contributed by atoms with Crippen LogP contribution in [0.3, 0.4) is 0 Å². The first-order valence-corrected chi connectivity index (χ1v) is 6.73. The van der Waals surface area contributed by atoms with E-state index in [1.54, 1.807) is 6.20 Å². The Bertz CT molecular complexity index is 543. The van der Waals surface area contributed by atoms with Gasteiger partial charge in [-0.15, -0.1) is 0 Å². The van der Waals surface area contributed by atoms with Gasteiger partial charge in [-0.3, -0.25) is 0 Å². The third-order valence-electron chi connectivity index (χ3n) is 3.50. The molecule has 0 aromatic carbocycles. The Labute approximate surface area is 109 Å². The van der Waals surface area contributed by atoms with Crippen LogP contribution in [0.4, 0.5) is 0 Å². The van der Waals surface area contributed by atoms with Gasteiger partial charge in [0.15, 0.2) is 5.65 Å². The summed E-state index contributed by atoms with van der Waals surface area (Å²) in [5.74, 6) is 0.635. The minimum atomic E-state index is 0.635. The first-order valence-electron chi connectivity index (χ1n) is 5.94. The van der Waals surface area contributed by atoms with Gasteiger partial charge in [0, 0.05) is 18.7 Å². The molecule has 0 atom stereocenters. The Balaban J connectivity index is 2.07. The molecule has 0 saturated carbocycles. The minimum Gasteiger partial charge on any atom is -0.331 e. The van der Waals surface area contributed by atoms with Gasteiger partial charge in [0.25, 0.3) is 0 Å². The third-order valence-corrected chi connectivity index (χ3v) is 3.88. The molecule has 17 heavy (non-hydrogen) atoms. The molecule has 0 amide bonds. The highest BCUT2D eigenvalue weighted by atomic mass is 79.9. The predicted molar refractivity (Wildman–Crippen MR) is 71.1 cm³/mol. The van der Waals surface area contributed by atoms with Gasteiger partial charge >= 0.3 is 0 Å². The fraction of sp³-hybridized carbons (Fsp3) is 0.500. The van der Waals surface area contributed by atoms with Gasteiger partial charge in [0.1, 0.15) is 10.1 Å². The zero-order valence-electron chi connectivity index (χ0n) is 9.78. The van der Waals surface area contributed by atoms with Crippen LogP contribution in [0, 0.1) is 0 Å². The number of halogens is 1. The van der Waals surface area contributed by atoms with Crippen molar-refractivity contribution in [2.75, 3.05) is 13.1 Å². The van der Waals surface area contributed by atoms with E-state index in [4.69, 9.17) is 0 Å². The second-order valence-electron chi connectivity index (χ2n) is 4.55. The van der Waals surface area contributed by atoms with E-state index in [1.165, 1.54) is 18.5 Å². The molecule has 3 heterocycles. The van der Waals surface area contributed by atoms with Crippen molar-refractivity contribution in [3.05, 3.63) is 22.6 Å². The van der Waals surface area contributed by atoms with E-state index < -0.39 is 0 Å². The second kappa shape index (κ2) is 4.38. The van der Waals surface area contributed by atoms with Crippen molar-refractivity contribution in [3.8, 4) is 0 Å². The number of aryl methyl sites for hydroxylation is 1. The van der Waals surface area contributed by atoms with E-state index in [-0.39, 0.29) is 0 Å². The maximum atomic E-state index is 4.47. The van der Waals surface area contributed by atoms with Crippen molar-refractivity contribution in [2.24, 2.45) is 7.05 Å². The van der Waals surface area contributed by atoms with Crippen LogP contribution in [0.25, 0.3) is 11.2 Å². The van der Waals surface area contributed by atoms with Gasteiger partial charge in [0.2, 0.25) is 0 Å². The fourth-order valence-electron chi connectivity index (χ4n) is 2.60. The minimum absolute atomic E-state index is 0.635. The van der Waals surface area contributed by atoms with Crippen molar-refractivity contribution in [1.82, 2.24) is 19.9 Å². The highest BCUT2D eigenvalue weighted by Gasteiger charge is 2.20. The predicted octanol–water partition coefficient (Wildman–Crippen LogP) is 2.20. The highest BCUT2D eigenvalue weighted by Crippen LogP contribution is 2.28. The third kappa shape index (κ3) is 1.98. The van der Waals surface area contributed by atoms with Crippen molar-refractivity contribution in [3.63, 3.8) is 0 Å². The molecule has 1 N–H and O–H groups in total. The molecule has 5 heteroatoms. The number of piperidine rings is 1. The van der Waals surface area contributed by atoms with Gasteiger partial charge < -0.3 is 9.88 Å². The lowest BCUT2D eigenvalue weighted by atomic mass is 9.95. The van der Waals surface area contributed by atoms with Crippen LogP contribution < -0.4 is 5.32 Å². The van der Waals surface area contributed by atoms with E-state index in [0.717, 1.165) is 28.9 Å². The largest absolute Gasteiger partial charge is 0.331 e. The van der Waals surface area contributed by atoms with Crippen molar-refractivity contribution in [1.29, 1.82) is 0 Å². The van der Waals surface area contributed by atoms with Crippen molar-refractivity contribution >= 4 is 27.1 Å². The first-order chi connectivity index (χ1) is 8.25. The van der Waals surface area contributed by atoms with E-state index in [1.807, 2.05) is 0 Å². The Morgan fingerprint density at radius 1 is 1.41 bits per heavy atom. The summed E-state index contributed by atoms with van der Waals surface area (Å²) >= 11 is 3.37. The number of rotatable bonds is 1. The van der Waals surface area contributed by atoms with Crippen molar-refractivity contribution in [2.45, 2.75) is 18.8 Å².